The molecule has 0 N–H and O–H groups in total. The lowest BCUT2D eigenvalue weighted by molar-refractivity contribution is 1.48. The van der Waals surface area contributed by atoms with E-state index in [1.807, 2.05) is 6.92 Å². The van der Waals surface area contributed by atoms with E-state index in [1.165, 1.54) is 0 Å². The Hall–Kier alpha value is 0.307. The molecule has 1 nitrogen and oxygen atoms in total. The second-order valence-corrected chi connectivity index (χ2v) is 4.37. The largest absolute Gasteiger partial charge is 0.193 e. The second kappa shape index (κ2) is 4.01. The van der Waals surface area contributed by atoms with Gasteiger partial charge in [0.2, 0.25) is 0 Å². The van der Waals surface area contributed by atoms with E-state index in [9.17, 15) is 0 Å². The summed E-state index contributed by atoms with van der Waals surface area (Å²) in [4.78, 5) is 0. The van der Waals surface area contributed by atoms with Gasteiger partial charge in [-0.3, -0.25) is 0 Å². The van der Waals surface area contributed by atoms with Crippen molar-refractivity contribution in [2.45, 2.75) is 6.92 Å². The Bertz CT molecular complexity index is 339. The van der Waals surface area contributed by atoms with Gasteiger partial charge in [-0.2, -0.15) is 9.69 Å². The van der Waals surface area contributed by atoms with Crippen LogP contribution in [0.5, 0.6) is 0 Å². The van der Waals surface area contributed by atoms with E-state index < -0.39 is 0 Å². The first-order chi connectivity index (χ1) is 5.57. The zero-order valence-electron chi connectivity index (χ0n) is 6.76. The summed E-state index contributed by atoms with van der Waals surface area (Å²) in [6.45, 7) is 2.00. The third-order valence-corrected chi connectivity index (χ3v) is 3.94. The molecule has 0 aliphatic carbocycles. The maximum Gasteiger partial charge on any atom is 0.178 e. The molecule has 4 heteroatoms. The zero-order chi connectivity index (χ0) is 9.30. The van der Waals surface area contributed by atoms with Crippen LogP contribution in [-0.4, -0.2) is 48.9 Å². The molecule has 50 valence electrons. The van der Waals surface area contributed by atoms with Gasteiger partial charge in [0.05, 0.1) is 6.07 Å². The maximum atomic E-state index is 8.86. The monoisotopic (exact) mass is 195 g/mol. The molecule has 1 aromatic carbocycles. The molecule has 0 saturated carbocycles. The predicted octanol–water partition coefficient (Wildman–Crippen LogP) is -1.75. The molecule has 0 unspecified atom stereocenters. The summed E-state index contributed by atoms with van der Waals surface area (Å²) in [7, 11) is 0. The van der Waals surface area contributed by atoms with Crippen LogP contribution in [0.25, 0.3) is 0 Å². The fraction of sp³-hybridized carbons (Fsp3) is 0.125. The third-order valence-electron chi connectivity index (χ3n) is 1.76. The van der Waals surface area contributed by atoms with Crippen LogP contribution in [0.3, 0.4) is 0 Å². The molecular weight excluding hydrogens is 191 g/mol. The van der Waals surface area contributed by atoms with Crippen LogP contribution >= 0.6 is 0 Å². The van der Waals surface area contributed by atoms with Gasteiger partial charge in [0.25, 0.3) is 0 Å². The van der Waals surface area contributed by atoms with Crippen LogP contribution in [0, 0.1) is 18.3 Å². The minimum atomic E-state index is 0.745. The zero-order valence-corrected chi connectivity index (χ0v) is 10.2. The molecule has 0 aromatic heterocycles. The minimum Gasteiger partial charge on any atom is -0.193 e. The molecule has 0 bridgehead atoms. The minimum absolute atomic E-state index is 0.745. The van der Waals surface area contributed by atoms with Crippen molar-refractivity contribution < 1.29 is 0 Å². The maximum absolute atomic E-state index is 8.86. The van der Waals surface area contributed by atoms with Crippen molar-refractivity contribution in [1.82, 2.24) is 0 Å². The highest BCUT2D eigenvalue weighted by molar-refractivity contribution is 6.51. The van der Waals surface area contributed by atoms with Crippen molar-refractivity contribution in [2.75, 3.05) is 0 Å². The SMILES string of the molecule is Cc1c[c]([Al])[c]([Al])c(C#N)[c]1[Al]. The Balaban J connectivity index is 3.56. The fourth-order valence-electron chi connectivity index (χ4n) is 0.996. The van der Waals surface area contributed by atoms with E-state index >= 15 is 0 Å². The van der Waals surface area contributed by atoms with Crippen molar-refractivity contribution in [3.05, 3.63) is 17.2 Å². The fourth-order valence-corrected chi connectivity index (χ4v) is 2.16. The molecule has 0 spiro atoms. The molecule has 0 saturated heterocycles. The summed E-state index contributed by atoms with van der Waals surface area (Å²) in [5.41, 5.74) is 1.88. The highest BCUT2D eigenvalue weighted by atomic mass is 27.1. The van der Waals surface area contributed by atoms with E-state index in [2.05, 4.69) is 61.0 Å². The van der Waals surface area contributed by atoms with Crippen LogP contribution < -0.4 is 13.3 Å². The topological polar surface area (TPSA) is 23.8 Å². The van der Waals surface area contributed by atoms with Crippen molar-refractivity contribution in [3.63, 3.8) is 0 Å². The normalized spacial score (nSPS) is 9.33. The number of hydrogen-bond acceptors (Lipinski definition) is 1. The highest BCUT2D eigenvalue weighted by Gasteiger charge is 2.03. The van der Waals surface area contributed by atoms with Crippen LogP contribution in [0.15, 0.2) is 6.07 Å². The van der Waals surface area contributed by atoms with E-state index in [0.29, 0.717) is 0 Å². The van der Waals surface area contributed by atoms with Gasteiger partial charge in [-0.05, 0) is 6.92 Å². The average Bonchev–Trinajstić information content (AvgIpc) is 2.02. The summed E-state index contributed by atoms with van der Waals surface area (Å²) in [6, 6.07) is 4.24. The first kappa shape index (κ1) is 10.4. The van der Waals surface area contributed by atoms with E-state index in [-0.39, 0.29) is 0 Å². The molecule has 6 radical (unpaired) electrons. The number of benzene rings is 1. The molecular formula is C8H4Al3N. The van der Waals surface area contributed by atoms with Gasteiger partial charge in [-0.25, -0.2) is 0 Å². The van der Waals surface area contributed by atoms with Gasteiger partial charge < -0.3 is 0 Å². The Morgan fingerprint density at radius 2 is 1.83 bits per heavy atom. The molecule has 0 aliphatic rings. The highest BCUT2D eigenvalue weighted by Crippen LogP contribution is 1.92. The summed E-state index contributed by atoms with van der Waals surface area (Å²) >= 11 is 7.82. The Morgan fingerprint density at radius 3 is 2.33 bits per heavy atom. The molecule has 0 atom stereocenters. The Morgan fingerprint density at radius 1 is 1.25 bits per heavy atom. The lowest BCUT2D eigenvalue weighted by atomic mass is 10.1. The average molecular weight is 195 g/mol. The predicted molar refractivity (Wildman–Crippen MR) is 52.1 cm³/mol. The third kappa shape index (κ3) is 1.79. The number of nitriles is 1. The van der Waals surface area contributed by atoms with Crippen LogP contribution in [0.2, 0.25) is 0 Å². The van der Waals surface area contributed by atoms with Crippen molar-refractivity contribution in [2.24, 2.45) is 0 Å². The van der Waals surface area contributed by atoms with E-state index in [1.54, 1.807) is 0 Å². The number of rotatable bonds is 0. The van der Waals surface area contributed by atoms with Gasteiger partial charge in [0, 0.05) is 5.56 Å². The number of aryl methyl sites for hydroxylation is 1. The summed E-state index contributed by atoms with van der Waals surface area (Å²) in [6.07, 6.45) is 0. The van der Waals surface area contributed by atoms with Crippen LogP contribution in [0.4, 0.5) is 0 Å². The van der Waals surface area contributed by atoms with Crippen molar-refractivity contribution in [1.29, 1.82) is 5.26 Å². The summed E-state index contributed by atoms with van der Waals surface area (Å²) in [5, 5.41) is 8.86. The standard InChI is InChI=1S/C8H4N.3Al/c1-7-3-2-4-8(5-7)6-9;;;/h3H,1H3;;;. The molecule has 0 fully saturated rings. The first-order valence-corrected chi connectivity index (χ1v) is 5.15. The van der Waals surface area contributed by atoms with E-state index in [0.717, 1.165) is 24.4 Å². The Kier molecular flexibility index (Phi) is 3.47. The lowest BCUT2D eigenvalue weighted by Gasteiger charge is -2.12. The lowest BCUT2D eigenvalue weighted by Crippen LogP contribution is -2.35. The van der Waals surface area contributed by atoms with Crippen LogP contribution in [-0.2, 0) is 0 Å². The van der Waals surface area contributed by atoms with Gasteiger partial charge in [0.15, 0.2) is 48.9 Å². The van der Waals surface area contributed by atoms with E-state index in [4.69, 9.17) is 5.26 Å². The molecule has 0 amide bonds. The number of hydrogen-bond donors (Lipinski definition) is 0. The smallest absolute Gasteiger partial charge is 0.178 e. The second-order valence-electron chi connectivity index (χ2n) is 2.60. The van der Waals surface area contributed by atoms with Crippen molar-refractivity contribution >= 4 is 62.1 Å². The molecule has 1 rings (SSSR count). The molecule has 0 aliphatic heterocycles. The van der Waals surface area contributed by atoms with Gasteiger partial charge in [-0.15, -0.1) is 8.85 Å². The molecule has 12 heavy (non-hydrogen) atoms. The van der Waals surface area contributed by atoms with Crippen molar-refractivity contribution in [3.8, 4) is 6.07 Å². The van der Waals surface area contributed by atoms with Gasteiger partial charge in [0.1, 0.15) is 0 Å². The first-order valence-electron chi connectivity index (χ1n) is 3.42. The summed E-state index contributed by atoms with van der Waals surface area (Å²) < 4.78 is 3.03. The quantitative estimate of drug-likeness (QED) is 0.450. The number of nitrogens with zero attached hydrogens (tertiary/aromatic N) is 1. The van der Waals surface area contributed by atoms with Gasteiger partial charge in [-0.1, -0.05) is 11.6 Å². The van der Waals surface area contributed by atoms with Gasteiger partial charge >= 0.3 is 0 Å². The van der Waals surface area contributed by atoms with Crippen LogP contribution in [0.1, 0.15) is 11.1 Å². The molecule has 0 heterocycles. The summed E-state index contributed by atoms with van der Waals surface area (Å²) in [5.74, 6) is 0. The molecule has 1 aromatic rings. The Labute approximate surface area is 97.0 Å².